The van der Waals surface area contributed by atoms with Crippen molar-refractivity contribution in [3.8, 4) is 0 Å². The first-order valence-corrected chi connectivity index (χ1v) is 6.34. The second-order valence-electron chi connectivity index (χ2n) is 5.24. The average Bonchev–Trinajstić information content (AvgIpc) is 2.42. The number of nitrogens with one attached hydrogen (secondary N) is 3. The third-order valence-corrected chi connectivity index (χ3v) is 2.31. The summed E-state index contributed by atoms with van der Waals surface area (Å²) >= 11 is 0. The van der Waals surface area contributed by atoms with Gasteiger partial charge in [-0.15, -0.1) is 0 Å². The van der Waals surface area contributed by atoms with Crippen LogP contribution in [-0.4, -0.2) is 30.6 Å². The second-order valence-corrected chi connectivity index (χ2v) is 5.24. The van der Waals surface area contributed by atoms with E-state index in [4.69, 9.17) is 4.74 Å². The zero-order valence-corrected chi connectivity index (χ0v) is 12.4. The molecule has 1 aromatic rings. The first-order chi connectivity index (χ1) is 9.73. The minimum absolute atomic E-state index is 0.242. The van der Waals surface area contributed by atoms with Crippen LogP contribution in [0.25, 0.3) is 0 Å². The van der Waals surface area contributed by atoms with Crippen molar-refractivity contribution >= 4 is 17.9 Å². The summed E-state index contributed by atoms with van der Waals surface area (Å²) in [6.45, 7) is 5.14. The van der Waals surface area contributed by atoms with Crippen molar-refractivity contribution in [2.24, 2.45) is 0 Å². The van der Waals surface area contributed by atoms with E-state index >= 15 is 0 Å². The van der Waals surface area contributed by atoms with Gasteiger partial charge in [0.2, 0.25) is 0 Å². The highest BCUT2D eigenvalue weighted by Crippen LogP contribution is 2.06. The molecule has 7 nitrogen and oxygen atoms in total. The molecule has 0 spiro atoms. The molecule has 3 amide bonds. The number of carbonyl (C=O) groups excluding carboxylic acids is 3. The molecule has 0 saturated carbocycles. The van der Waals surface area contributed by atoms with Gasteiger partial charge in [-0.05, 0) is 45.0 Å². The summed E-state index contributed by atoms with van der Waals surface area (Å²) < 4.78 is 4.97. The van der Waals surface area contributed by atoms with Gasteiger partial charge in [-0.2, -0.15) is 0 Å². The van der Waals surface area contributed by atoms with E-state index in [2.05, 4.69) is 16.2 Å². The molecular formula is C14H19N3O4. The molecule has 7 heteroatoms. The zero-order valence-electron chi connectivity index (χ0n) is 12.4. The summed E-state index contributed by atoms with van der Waals surface area (Å²) in [6.07, 6.45) is -0.752. The summed E-state index contributed by atoms with van der Waals surface area (Å²) in [6, 6.07) is 6.00. The lowest BCUT2D eigenvalue weighted by Crippen LogP contribution is -2.44. The van der Waals surface area contributed by atoms with Crippen molar-refractivity contribution in [2.75, 3.05) is 7.05 Å². The fourth-order valence-electron chi connectivity index (χ4n) is 1.40. The van der Waals surface area contributed by atoms with Crippen LogP contribution in [-0.2, 0) is 4.74 Å². The van der Waals surface area contributed by atoms with E-state index in [1.807, 2.05) is 0 Å². The summed E-state index contributed by atoms with van der Waals surface area (Å²) in [5.74, 6) is -0.752. The number of hydrazine groups is 1. The number of ether oxygens (including phenoxy) is 1. The topological polar surface area (TPSA) is 96.5 Å². The van der Waals surface area contributed by atoms with Crippen molar-refractivity contribution in [1.29, 1.82) is 0 Å². The number of hydrogen-bond donors (Lipinski definition) is 3. The first kappa shape index (κ1) is 16.5. The van der Waals surface area contributed by atoms with Crippen LogP contribution in [0.4, 0.5) is 4.79 Å². The van der Waals surface area contributed by atoms with Gasteiger partial charge in [-0.1, -0.05) is 0 Å². The summed E-state index contributed by atoms with van der Waals surface area (Å²) in [7, 11) is 1.52. The van der Waals surface area contributed by atoms with Crippen LogP contribution in [0.5, 0.6) is 0 Å². The molecule has 21 heavy (non-hydrogen) atoms. The third kappa shape index (κ3) is 5.52. The zero-order chi connectivity index (χ0) is 16.0. The monoisotopic (exact) mass is 293 g/mol. The van der Waals surface area contributed by atoms with Crippen molar-refractivity contribution in [1.82, 2.24) is 16.2 Å². The lowest BCUT2D eigenvalue weighted by Gasteiger charge is -2.19. The van der Waals surface area contributed by atoms with Gasteiger partial charge in [0, 0.05) is 18.2 Å². The lowest BCUT2D eigenvalue weighted by atomic mass is 10.1. The van der Waals surface area contributed by atoms with Crippen LogP contribution < -0.4 is 16.2 Å². The molecule has 0 aliphatic carbocycles. The lowest BCUT2D eigenvalue weighted by molar-refractivity contribution is 0.0483. The van der Waals surface area contributed by atoms with Crippen LogP contribution in [0.15, 0.2) is 24.3 Å². The van der Waals surface area contributed by atoms with E-state index in [-0.39, 0.29) is 5.91 Å². The molecular weight excluding hydrogens is 274 g/mol. The number of hydrogen-bond acceptors (Lipinski definition) is 4. The summed E-state index contributed by atoms with van der Waals surface area (Å²) in [5, 5.41) is 2.48. The Bertz CT molecular complexity index is 532. The molecule has 0 saturated heterocycles. The van der Waals surface area contributed by atoms with E-state index < -0.39 is 17.6 Å². The molecule has 0 aliphatic rings. The maximum Gasteiger partial charge on any atom is 0.426 e. The molecule has 0 heterocycles. The number of benzene rings is 1. The van der Waals surface area contributed by atoms with Crippen LogP contribution in [0, 0.1) is 0 Å². The standard InChI is InChI=1S/C14H19N3O4/c1-14(2,3)21-13(20)17-16-12(19)10-7-5-9(6-8-10)11(18)15-4/h5-8H,1-4H3,(H,15,18)(H,16,19)(H,17,20). The van der Waals surface area contributed by atoms with Crippen molar-refractivity contribution in [2.45, 2.75) is 26.4 Å². The Morgan fingerprint density at radius 2 is 1.38 bits per heavy atom. The van der Waals surface area contributed by atoms with Gasteiger partial charge in [-0.25, -0.2) is 10.2 Å². The molecule has 1 aromatic carbocycles. The maximum atomic E-state index is 11.8. The highest BCUT2D eigenvalue weighted by Gasteiger charge is 2.16. The van der Waals surface area contributed by atoms with Crippen molar-refractivity contribution in [3.63, 3.8) is 0 Å². The Labute approximate surface area is 123 Å². The van der Waals surface area contributed by atoms with E-state index in [1.54, 1.807) is 20.8 Å². The van der Waals surface area contributed by atoms with Crippen molar-refractivity contribution < 1.29 is 19.1 Å². The Morgan fingerprint density at radius 1 is 0.905 bits per heavy atom. The Kier molecular flexibility index (Phi) is 5.29. The first-order valence-electron chi connectivity index (χ1n) is 6.34. The Hall–Kier alpha value is -2.57. The van der Waals surface area contributed by atoms with Crippen LogP contribution >= 0.6 is 0 Å². The fourth-order valence-corrected chi connectivity index (χ4v) is 1.40. The smallest absolute Gasteiger partial charge is 0.426 e. The van der Waals surface area contributed by atoms with E-state index in [0.29, 0.717) is 11.1 Å². The average molecular weight is 293 g/mol. The SMILES string of the molecule is CNC(=O)c1ccc(C(=O)NNC(=O)OC(C)(C)C)cc1. The quantitative estimate of drug-likeness (QED) is 0.714. The highest BCUT2D eigenvalue weighted by atomic mass is 16.6. The number of rotatable bonds is 2. The number of amides is 3. The molecule has 3 N–H and O–H groups in total. The predicted molar refractivity (Wildman–Crippen MR) is 76.7 cm³/mol. The summed E-state index contributed by atoms with van der Waals surface area (Å²) in [4.78, 5) is 34.5. The van der Waals surface area contributed by atoms with Gasteiger partial charge >= 0.3 is 6.09 Å². The molecule has 1 rings (SSSR count). The maximum absolute atomic E-state index is 11.8. The predicted octanol–water partition coefficient (Wildman–Crippen LogP) is 1.22. The van der Waals surface area contributed by atoms with E-state index in [9.17, 15) is 14.4 Å². The van der Waals surface area contributed by atoms with Gasteiger partial charge in [0.15, 0.2) is 0 Å². The molecule has 0 aromatic heterocycles. The molecule has 0 atom stereocenters. The fraction of sp³-hybridized carbons (Fsp3) is 0.357. The largest absolute Gasteiger partial charge is 0.443 e. The van der Waals surface area contributed by atoms with Crippen molar-refractivity contribution in [3.05, 3.63) is 35.4 Å². The van der Waals surface area contributed by atoms with Crippen LogP contribution in [0.1, 0.15) is 41.5 Å². The van der Waals surface area contributed by atoms with Gasteiger partial charge in [0.25, 0.3) is 11.8 Å². The highest BCUT2D eigenvalue weighted by molar-refractivity contribution is 5.98. The van der Waals surface area contributed by atoms with Crippen LogP contribution in [0.3, 0.4) is 0 Å². The molecule has 0 aliphatic heterocycles. The molecule has 0 fully saturated rings. The van der Waals surface area contributed by atoms with Gasteiger partial charge in [0.05, 0.1) is 0 Å². The molecule has 114 valence electrons. The van der Waals surface area contributed by atoms with E-state index in [1.165, 1.54) is 31.3 Å². The van der Waals surface area contributed by atoms with Crippen LogP contribution in [0.2, 0.25) is 0 Å². The molecule has 0 unspecified atom stereocenters. The van der Waals surface area contributed by atoms with Gasteiger partial charge in [0.1, 0.15) is 5.60 Å². The second kappa shape index (κ2) is 6.74. The number of carbonyl (C=O) groups is 3. The minimum atomic E-state index is -0.752. The molecule has 0 radical (unpaired) electrons. The third-order valence-electron chi connectivity index (χ3n) is 2.31. The van der Waals surface area contributed by atoms with Gasteiger partial charge < -0.3 is 10.1 Å². The normalized spacial score (nSPS) is 10.5. The minimum Gasteiger partial charge on any atom is -0.443 e. The Morgan fingerprint density at radius 3 is 1.81 bits per heavy atom. The van der Waals surface area contributed by atoms with Gasteiger partial charge in [-0.3, -0.25) is 15.0 Å². The Balaban J connectivity index is 2.56. The summed E-state index contributed by atoms with van der Waals surface area (Å²) in [5.41, 5.74) is 4.46. The van der Waals surface area contributed by atoms with E-state index in [0.717, 1.165) is 0 Å². The molecule has 0 bridgehead atoms.